The molecule has 12 unspecified atom stereocenters. The molecular formula is C82H112N20O21S2. The maximum absolute atomic E-state index is 16.2. The van der Waals surface area contributed by atoms with Gasteiger partial charge in [0, 0.05) is 105 Å². The fourth-order valence-corrected chi connectivity index (χ4v) is 16.6. The number of benzene rings is 4. The maximum Gasteiger partial charge on any atom is 0.246 e. The second-order valence-electron chi connectivity index (χ2n) is 31.6. The minimum absolute atomic E-state index is 0.100. The lowest BCUT2D eigenvalue weighted by Crippen LogP contribution is -2.67. The van der Waals surface area contributed by atoms with Crippen LogP contribution in [0, 0.1) is 0 Å². The fraction of sp³-hybridized carbons (Fsp3) is 0.488. The number of amides is 18. The highest BCUT2D eigenvalue weighted by atomic mass is 33.1. The summed E-state index contributed by atoms with van der Waals surface area (Å²) in [5, 5.41) is 46.8. The Morgan fingerprint density at radius 1 is 0.576 bits per heavy atom. The monoisotopic (exact) mass is 1780 g/mol. The zero-order valence-corrected chi connectivity index (χ0v) is 71.9. The zero-order valence-electron chi connectivity index (χ0n) is 70.3. The van der Waals surface area contributed by atoms with E-state index in [1.54, 1.807) is 91.1 Å². The number of primary amides is 5. The van der Waals surface area contributed by atoms with E-state index in [1.807, 2.05) is 6.07 Å². The lowest BCUT2D eigenvalue weighted by molar-refractivity contribution is -0.141. The van der Waals surface area contributed by atoms with E-state index in [1.165, 1.54) is 34.6 Å². The topological polar surface area (TPSA) is 674 Å². The van der Waals surface area contributed by atoms with Crippen molar-refractivity contribution in [1.29, 1.82) is 0 Å². The quantitative estimate of drug-likeness (QED) is 0.0131. The molecule has 0 saturated carbocycles. The van der Waals surface area contributed by atoms with Gasteiger partial charge < -0.3 is 123 Å². The number of para-hydroxylation sites is 1. The average Bonchev–Trinajstić information content (AvgIpc) is 1.79. The van der Waals surface area contributed by atoms with Gasteiger partial charge >= 0.3 is 0 Å². The van der Waals surface area contributed by atoms with Gasteiger partial charge in [0.05, 0.1) is 25.4 Å². The van der Waals surface area contributed by atoms with Crippen molar-refractivity contribution >= 4 is 150 Å². The highest BCUT2D eigenvalue weighted by Gasteiger charge is 2.48. The number of ether oxygens (including phenoxy) is 2. The summed E-state index contributed by atoms with van der Waals surface area (Å²) < 4.78 is 8.20. The number of aromatic nitrogens is 1. The van der Waals surface area contributed by atoms with Gasteiger partial charge in [0.25, 0.3) is 0 Å². The van der Waals surface area contributed by atoms with Crippen molar-refractivity contribution in [2.75, 3.05) is 32.9 Å². The molecule has 0 aliphatic carbocycles. The van der Waals surface area contributed by atoms with Crippen LogP contribution in [0.2, 0.25) is 0 Å². The summed E-state index contributed by atoms with van der Waals surface area (Å²) in [6, 6.07) is 5.79. The Morgan fingerprint density at radius 3 is 1.78 bits per heavy atom. The Labute approximate surface area is 727 Å². The van der Waals surface area contributed by atoms with Crippen molar-refractivity contribution in [1.82, 2.24) is 74.1 Å². The number of unbranched alkanes of at least 4 members (excludes halogenated alkanes) is 1. The van der Waals surface area contributed by atoms with Gasteiger partial charge in [-0.25, -0.2) is 0 Å². The van der Waals surface area contributed by atoms with E-state index in [9.17, 15) is 62.6 Å². The summed E-state index contributed by atoms with van der Waals surface area (Å²) in [7, 11) is 1.72. The van der Waals surface area contributed by atoms with Crippen molar-refractivity contribution in [3.05, 3.63) is 114 Å². The number of aliphatic hydroxyl groups is 1. The van der Waals surface area contributed by atoms with E-state index in [0.717, 1.165) is 40.8 Å². The smallest absolute Gasteiger partial charge is 0.246 e. The molecule has 0 radical (unpaired) electrons. The third-order valence-corrected chi connectivity index (χ3v) is 24.8. The van der Waals surface area contributed by atoms with Crippen LogP contribution in [0.3, 0.4) is 0 Å². The minimum atomic E-state index is -2.01. The Morgan fingerprint density at radius 2 is 1.14 bits per heavy atom. The van der Waals surface area contributed by atoms with Crippen LogP contribution in [0.4, 0.5) is 0 Å². The van der Waals surface area contributed by atoms with Crippen molar-refractivity contribution in [2.24, 2.45) is 34.4 Å². The molecule has 3 heterocycles. The molecule has 12 atom stereocenters. The molecule has 27 N–H and O–H groups in total. The molecule has 2 aliphatic rings. The van der Waals surface area contributed by atoms with Crippen LogP contribution in [0.25, 0.3) is 21.7 Å². The molecular weight excluding hydrogens is 1670 g/mol. The van der Waals surface area contributed by atoms with Crippen LogP contribution in [0.15, 0.2) is 97.2 Å². The first-order valence-electron chi connectivity index (χ1n) is 40.4. The van der Waals surface area contributed by atoms with Gasteiger partial charge in [-0.05, 0) is 106 Å². The predicted octanol–water partition coefficient (Wildman–Crippen LogP) is -4.28. The molecule has 678 valence electrons. The number of carbonyl (C=O) groups is 18. The molecule has 2 aliphatic heterocycles. The SMILES string of the molecule is CC(=O)NCCCCC(NC(=O)C1(NC(=O)C(Cc2ccc3ccccc3c2)NC(=O)C(Cc2ccc(OCCN)cc2)NC(=O)C2NC(=O)C(CCC(N)=O)NC(=O)C(Cc3c[nH]c4ccccc34)NC(=O)C(C(C)O)NC(=O)C(CC(N)=O)NC(=O)C(NC(C)=O)C(C)(C)SSC2(C)C)CCOCC1)C(=O)NC(CC(N)=O)C(=O)NC(CC(N)=O)C(N)=O. The Balaban J connectivity index is 1.35. The minimum Gasteiger partial charge on any atom is -0.492 e. The summed E-state index contributed by atoms with van der Waals surface area (Å²) in [4.78, 5) is 257. The molecule has 2 saturated heterocycles. The Hall–Kier alpha value is -12.5. The average molecular weight is 1780 g/mol. The molecule has 0 spiro atoms. The molecule has 5 aromatic rings. The van der Waals surface area contributed by atoms with E-state index in [2.05, 4.69) is 74.1 Å². The number of hydrogen-bond donors (Lipinski definition) is 21. The normalized spacial score (nSPS) is 20.1. The van der Waals surface area contributed by atoms with Crippen LogP contribution >= 0.6 is 21.6 Å². The van der Waals surface area contributed by atoms with Gasteiger partial charge in [0.2, 0.25) is 106 Å². The van der Waals surface area contributed by atoms with Crippen LogP contribution < -0.4 is 108 Å². The van der Waals surface area contributed by atoms with Gasteiger partial charge in [-0.15, -0.1) is 0 Å². The van der Waals surface area contributed by atoms with Crippen molar-refractivity contribution < 1.29 is 101 Å². The van der Waals surface area contributed by atoms with Crippen molar-refractivity contribution in [2.45, 2.75) is 220 Å². The van der Waals surface area contributed by atoms with E-state index in [0.29, 0.717) is 38.7 Å². The van der Waals surface area contributed by atoms with Crippen LogP contribution in [-0.2, 0) is 110 Å². The number of aromatic amines is 1. The summed E-state index contributed by atoms with van der Waals surface area (Å²) in [5.74, 6) is -18.6. The molecule has 18 amide bonds. The van der Waals surface area contributed by atoms with E-state index < -0.39 is 227 Å². The number of H-pyrrole nitrogens is 1. The third kappa shape index (κ3) is 30.2. The molecule has 7 rings (SSSR count). The van der Waals surface area contributed by atoms with Gasteiger partial charge in [0.1, 0.15) is 84.4 Å². The predicted molar refractivity (Wildman–Crippen MR) is 459 cm³/mol. The molecule has 0 bridgehead atoms. The highest BCUT2D eigenvalue weighted by molar-refractivity contribution is 8.77. The van der Waals surface area contributed by atoms with Gasteiger partial charge in [-0.2, -0.15) is 0 Å². The van der Waals surface area contributed by atoms with Gasteiger partial charge in [-0.1, -0.05) is 94.4 Å². The van der Waals surface area contributed by atoms with Crippen LogP contribution in [0.5, 0.6) is 5.75 Å². The molecule has 41 nitrogen and oxygen atoms in total. The standard InChI is InChI=1S/C82H112N20O21S2/c1-42(103)65-76(118)96-58(37-49-41-90-52-17-11-10-16-51(49)52)72(114)92-54(25-26-61(84)106)70(112)101-67(81(6,7)125-124-80(4,5)66(91-44(3)105)77(119)98-60(40-64(87)109)74(116)100-65)78(120)97-56(35-45-20-23-50(24-21-45)123-33-29-83)71(113)94-57(36-46-19-22-47-14-8-9-15-48(47)34-46)75(117)102-82(27-31-122-32-28-82)79(121)99-53(18-12-13-30-89-43(2)104)69(111)95-59(39-63(86)108)73(115)93-55(68(88)110)38-62(85)107/h8-11,14-17,19-24,34,41-42,53-60,65-67,90,103H,12-13,18,25-33,35-40,83H2,1-7H3,(H2,84,106)(H2,85,107)(H2,86,108)(H2,87,109)(H2,88,110)(H,89,104)(H,91,105)(H,92,114)(H,93,115)(H,94,113)(H,95,111)(H,96,118)(H,97,120)(H,98,119)(H,99,121)(H,100,116)(H,101,112)(H,102,117). The lowest BCUT2D eigenvalue weighted by Gasteiger charge is -2.39. The number of fused-ring (bicyclic) bond motifs is 2. The number of carbonyl (C=O) groups excluding carboxylic acids is 18. The number of rotatable bonds is 38. The molecule has 4 aromatic carbocycles. The second kappa shape index (κ2) is 46.3. The zero-order chi connectivity index (χ0) is 92.2. The first kappa shape index (κ1) is 99.6. The van der Waals surface area contributed by atoms with Crippen molar-refractivity contribution in [3.63, 3.8) is 0 Å². The van der Waals surface area contributed by atoms with E-state index in [-0.39, 0.29) is 83.8 Å². The first-order valence-corrected chi connectivity index (χ1v) is 42.5. The van der Waals surface area contributed by atoms with Crippen LogP contribution in [0.1, 0.15) is 129 Å². The molecule has 125 heavy (non-hydrogen) atoms. The number of nitrogens with one attached hydrogen (secondary N) is 14. The van der Waals surface area contributed by atoms with E-state index in [4.69, 9.17) is 43.9 Å². The van der Waals surface area contributed by atoms with E-state index >= 15 is 28.8 Å². The van der Waals surface area contributed by atoms with Crippen LogP contribution in [-0.4, -0.2) is 237 Å². The number of nitrogens with two attached hydrogens (primary N) is 6. The maximum atomic E-state index is 16.2. The van der Waals surface area contributed by atoms with Gasteiger partial charge in [-0.3, -0.25) is 86.3 Å². The number of aliphatic hydroxyl groups excluding tert-OH is 1. The summed E-state index contributed by atoms with van der Waals surface area (Å²) in [6.07, 6.45) is -5.56. The Bertz CT molecular complexity index is 4790. The summed E-state index contributed by atoms with van der Waals surface area (Å²) in [5.41, 5.74) is 33.1. The third-order valence-electron chi connectivity index (χ3n) is 20.6. The molecule has 1 aromatic heterocycles. The van der Waals surface area contributed by atoms with Gasteiger partial charge in [0.15, 0.2) is 0 Å². The lowest BCUT2D eigenvalue weighted by atomic mass is 9.87. The highest BCUT2D eigenvalue weighted by Crippen LogP contribution is 2.47. The Kier molecular flexibility index (Phi) is 36.9. The first-order chi connectivity index (χ1) is 59.0. The number of hydrogen-bond acceptors (Lipinski definition) is 24. The molecule has 43 heteroatoms. The van der Waals surface area contributed by atoms with Crippen molar-refractivity contribution in [3.8, 4) is 5.75 Å². The summed E-state index contributed by atoms with van der Waals surface area (Å²) >= 11 is 0. The summed E-state index contributed by atoms with van der Waals surface area (Å²) in [6.45, 7) is 9.39. The largest absolute Gasteiger partial charge is 0.492 e. The fourth-order valence-electron chi connectivity index (χ4n) is 13.8. The second-order valence-corrected chi connectivity index (χ2v) is 35.1. The molecule has 2 fully saturated rings.